The van der Waals surface area contributed by atoms with E-state index in [1.54, 1.807) is 7.11 Å². The van der Waals surface area contributed by atoms with E-state index in [2.05, 4.69) is 60.5 Å². The lowest BCUT2D eigenvalue weighted by Crippen LogP contribution is -2.45. The molecular formula is C25H27NO2. The van der Waals surface area contributed by atoms with Crippen molar-refractivity contribution in [2.24, 2.45) is 0 Å². The van der Waals surface area contributed by atoms with Gasteiger partial charge in [-0.15, -0.1) is 0 Å². The Labute approximate surface area is 167 Å². The van der Waals surface area contributed by atoms with Gasteiger partial charge in [-0.1, -0.05) is 78.9 Å². The molecular weight excluding hydrogens is 346 g/mol. The number of likely N-dealkylation sites (tertiary alicyclic amines) is 1. The van der Waals surface area contributed by atoms with Crippen molar-refractivity contribution in [3.8, 4) is 5.75 Å². The van der Waals surface area contributed by atoms with Crippen LogP contribution < -0.4 is 4.74 Å². The predicted octanol–water partition coefficient (Wildman–Crippen LogP) is 5.09. The van der Waals surface area contributed by atoms with Crippen molar-refractivity contribution in [3.63, 3.8) is 0 Å². The van der Waals surface area contributed by atoms with E-state index in [0.717, 1.165) is 11.3 Å². The average Bonchev–Trinajstić information content (AvgIpc) is 2.76. The number of benzene rings is 3. The minimum absolute atomic E-state index is 0.107. The highest BCUT2D eigenvalue weighted by molar-refractivity contribution is 5.40. The predicted molar refractivity (Wildman–Crippen MR) is 112 cm³/mol. The van der Waals surface area contributed by atoms with Gasteiger partial charge < -0.3 is 9.84 Å². The Bertz CT molecular complexity index is 861. The van der Waals surface area contributed by atoms with Crippen LogP contribution in [0.5, 0.6) is 5.75 Å². The molecule has 1 unspecified atom stereocenters. The lowest BCUT2D eigenvalue weighted by atomic mass is 9.74. The highest BCUT2D eigenvalue weighted by atomic mass is 16.5. The summed E-state index contributed by atoms with van der Waals surface area (Å²) >= 11 is 0. The molecule has 3 aromatic carbocycles. The topological polar surface area (TPSA) is 32.7 Å². The van der Waals surface area contributed by atoms with Crippen LogP contribution in [-0.4, -0.2) is 24.2 Å². The summed E-state index contributed by atoms with van der Waals surface area (Å²) < 4.78 is 5.60. The van der Waals surface area contributed by atoms with Gasteiger partial charge in [0.1, 0.15) is 5.75 Å². The number of aliphatic hydroxyl groups is 1. The van der Waals surface area contributed by atoms with Crippen molar-refractivity contribution in [2.45, 2.75) is 30.5 Å². The van der Waals surface area contributed by atoms with Crippen LogP contribution in [0.2, 0.25) is 0 Å². The molecule has 3 atom stereocenters. The van der Waals surface area contributed by atoms with Crippen LogP contribution in [0, 0.1) is 0 Å². The monoisotopic (exact) mass is 373 g/mol. The molecule has 0 radical (unpaired) electrons. The fourth-order valence-corrected chi connectivity index (χ4v) is 4.53. The van der Waals surface area contributed by atoms with Crippen LogP contribution in [0.25, 0.3) is 0 Å². The van der Waals surface area contributed by atoms with Crippen molar-refractivity contribution < 1.29 is 9.84 Å². The summed E-state index contributed by atoms with van der Waals surface area (Å²) in [5.41, 5.74) is 2.34. The molecule has 3 aromatic rings. The number of hydrogen-bond acceptors (Lipinski definition) is 3. The fraction of sp³-hybridized carbons (Fsp3) is 0.280. The summed E-state index contributed by atoms with van der Waals surface area (Å²) in [6.07, 6.45) is 1.24. The second-order valence-corrected chi connectivity index (χ2v) is 7.66. The summed E-state index contributed by atoms with van der Waals surface area (Å²) in [6.45, 7) is 0. The van der Waals surface area contributed by atoms with Gasteiger partial charge in [0, 0.05) is 30.5 Å². The van der Waals surface area contributed by atoms with Crippen molar-refractivity contribution in [1.29, 1.82) is 0 Å². The standard InChI is InChI=1S/C25H27NO2/c1-26-22(19-11-5-3-6-12-19)17-25(27,21-15-9-10-16-24(21)28-2)18-23(26)20-13-7-4-8-14-20/h3-16,22-23,27H,17-18H2,1-2H3/t22-,23+,25?. The number of rotatable bonds is 4. The van der Waals surface area contributed by atoms with Gasteiger partial charge >= 0.3 is 0 Å². The zero-order valence-corrected chi connectivity index (χ0v) is 16.5. The van der Waals surface area contributed by atoms with Crippen LogP contribution in [0.3, 0.4) is 0 Å². The van der Waals surface area contributed by atoms with Crippen molar-refractivity contribution >= 4 is 0 Å². The largest absolute Gasteiger partial charge is 0.496 e. The number of methoxy groups -OCH3 is 1. The third-order valence-electron chi connectivity index (χ3n) is 6.02. The first-order valence-corrected chi connectivity index (χ1v) is 9.80. The third-order valence-corrected chi connectivity index (χ3v) is 6.02. The smallest absolute Gasteiger partial charge is 0.124 e. The minimum Gasteiger partial charge on any atom is -0.496 e. The first-order chi connectivity index (χ1) is 13.6. The normalized spacial score (nSPS) is 25.4. The van der Waals surface area contributed by atoms with Gasteiger partial charge in [0.2, 0.25) is 0 Å². The summed E-state index contributed by atoms with van der Waals surface area (Å²) in [5.74, 6) is 0.744. The van der Waals surface area contributed by atoms with E-state index in [9.17, 15) is 5.11 Å². The maximum absolute atomic E-state index is 11.9. The highest BCUT2D eigenvalue weighted by Gasteiger charge is 2.45. The Kier molecular flexibility index (Phi) is 5.21. The van der Waals surface area contributed by atoms with Gasteiger partial charge in [0.15, 0.2) is 0 Å². The lowest BCUT2D eigenvalue weighted by Gasteiger charge is -2.48. The molecule has 4 rings (SSSR count). The number of ether oxygens (including phenoxy) is 1. The summed E-state index contributed by atoms with van der Waals surface area (Å²) in [4.78, 5) is 2.40. The Morgan fingerprint density at radius 3 is 1.75 bits per heavy atom. The Hall–Kier alpha value is -2.62. The molecule has 28 heavy (non-hydrogen) atoms. The second-order valence-electron chi connectivity index (χ2n) is 7.66. The molecule has 0 amide bonds. The lowest BCUT2D eigenvalue weighted by molar-refractivity contribution is -0.0749. The first kappa shape index (κ1) is 18.7. The van der Waals surface area contributed by atoms with Gasteiger partial charge in [0.05, 0.1) is 12.7 Å². The number of piperidine rings is 1. The Morgan fingerprint density at radius 2 is 1.25 bits per heavy atom. The molecule has 1 saturated heterocycles. The number of nitrogens with zero attached hydrogens (tertiary/aromatic N) is 1. The van der Waals surface area contributed by atoms with Crippen molar-refractivity contribution in [2.75, 3.05) is 14.2 Å². The van der Waals surface area contributed by atoms with Crippen LogP contribution in [0.1, 0.15) is 41.6 Å². The molecule has 0 saturated carbocycles. The molecule has 3 heteroatoms. The summed E-state index contributed by atoms with van der Waals surface area (Å²) in [5, 5.41) is 11.9. The Morgan fingerprint density at radius 1 is 0.786 bits per heavy atom. The molecule has 0 bridgehead atoms. The zero-order chi connectivity index (χ0) is 19.6. The quantitative estimate of drug-likeness (QED) is 0.691. The van der Waals surface area contributed by atoms with Gasteiger partial charge in [-0.25, -0.2) is 0 Å². The van der Waals surface area contributed by atoms with Gasteiger partial charge in [-0.3, -0.25) is 4.90 Å². The van der Waals surface area contributed by atoms with E-state index in [4.69, 9.17) is 4.74 Å². The SMILES string of the molecule is COc1ccccc1C1(O)C[C@H](c2ccccc2)N(C)[C@H](c2ccccc2)C1. The molecule has 144 valence electrons. The third kappa shape index (κ3) is 3.44. The van der Waals surface area contributed by atoms with E-state index in [1.807, 2.05) is 36.4 Å². The maximum Gasteiger partial charge on any atom is 0.124 e. The van der Waals surface area contributed by atoms with Crippen LogP contribution in [0.15, 0.2) is 84.9 Å². The van der Waals surface area contributed by atoms with E-state index in [1.165, 1.54) is 11.1 Å². The molecule has 0 aromatic heterocycles. The summed E-state index contributed by atoms with van der Waals surface area (Å²) in [6, 6.07) is 29.0. The van der Waals surface area contributed by atoms with Gasteiger partial charge in [0.25, 0.3) is 0 Å². The molecule has 3 nitrogen and oxygen atoms in total. The molecule has 0 aliphatic carbocycles. The van der Waals surface area contributed by atoms with Crippen LogP contribution in [0.4, 0.5) is 0 Å². The highest BCUT2D eigenvalue weighted by Crippen LogP contribution is 2.51. The van der Waals surface area contributed by atoms with Crippen LogP contribution >= 0.6 is 0 Å². The Balaban J connectivity index is 1.81. The number of para-hydroxylation sites is 1. The molecule has 1 aliphatic heterocycles. The first-order valence-electron chi connectivity index (χ1n) is 9.80. The fourth-order valence-electron chi connectivity index (χ4n) is 4.53. The zero-order valence-electron chi connectivity index (χ0n) is 16.5. The second kappa shape index (κ2) is 7.78. The van der Waals surface area contributed by atoms with E-state index < -0.39 is 5.60 Å². The minimum atomic E-state index is -0.972. The molecule has 1 fully saturated rings. The molecule has 1 heterocycles. The van der Waals surface area contributed by atoms with Crippen molar-refractivity contribution in [3.05, 3.63) is 102 Å². The average molecular weight is 373 g/mol. The summed E-state index contributed by atoms with van der Waals surface area (Å²) in [7, 11) is 3.83. The van der Waals surface area contributed by atoms with Gasteiger partial charge in [-0.05, 0) is 24.2 Å². The van der Waals surface area contributed by atoms with Crippen molar-refractivity contribution in [1.82, 2.24) is 4.90 Å². The molecule has 1 aliphatic rings. The van der Waals surface area contributed by atoms with E-state index in [0.29, 0.717) is 12.8 Å². The molecule has 1 N–H and O–H groups in total. The van der Waals surface area contributed by atoms with E-state index >= 15 is 0 Å². The van der Waals surface area contributed by atoms with Crippen LogP contribution in [-0.2, 0) is 5.60 Å². The van der Waals surface area contributed by atoms with E-state index in [-0.39, 0.29) is 12.1 Å². The number of hydrogen-bond donors (Lipinski definition) is 1. The van der Waals surface area contributed by atoms with Gasteiger partial charge in [-0.2, -0.15) is 0 Å². The maximum atomic E-state index is 11.9. The molecule has 0 spiro atoms.